The molecule has 17 rings (SSSR count). The van der Waals surface area contributed by atoms with Crippen molar-refractivity contribution >= 4 is 81.3 Å². The van der Waals surface area contributed by atoms with Gasteiger partial charge in [-0.3, -0.25) is 0 Å². The Labute approximate surface area is 559 Å². The van der Waals surface area contributed by atoms with Crippen molar-refractivity contribution in [2.45, 2.75) is 128 Å². The van der Waals surface area contributed by atoms with Gasteiger partial charge < -0.3 is 27.9 Å². The Morgan fingerprint density at radius 3 is 1.00 bits per heavy atom. The number of halogens is 1. The third-order valence-corrected chi connectivity index (χ3v) is 22.4. The van der Waals surface area contributed by atoms with Gasteiger partial charge in [-0.2, -0.15) is 0 Å². The molecule has 12 aromatic rings. The topological polar surface area (TPSA) is 55.4 Å². The van der Waals surface area contributed by atoms with Crippen LogP contribution in [0.2, 0.25) is 5.02 Å². The van der Waals surface area contributed by atoms with Crippen LogP contribution in [0.25, 0.3) is 65.3 Å². The van der Waals surface area contributed by atoms with Gasteiger partial charge in [0.25, 0.3) is 0 Å². The molecule has 0 aromatic heterocycles. The van der Waals surface area contributed by atoms with Crippen molar-refractivity contribution in [1.29, 1.82) is 0 Å². The van der Waals surface area contributed by atoms with Gasteiger partial charge in [0.1, 0.15) is 0 Å². The first kappa shape index (κ1) is 62.1. The van der Waals surface area contributed by atoms with Crippen LogP contribution < -0.4 is 5.46 Å². The van der Waals surface area contributed by atoms with Crippen LogP contribution in [-0.4, -0.2) is 54.7 Å². The van der Waals surface area contributed by atoms with Crippen molar-refractivity contribution in [1.82, 2.24) is 0 Å². The molecule has 0 saturated carbocycles. The van der Waals surface area contributed by atoms with Crippen molar-refractivity contribution in [2.24, 2.45) is 0 Å². The molecule has 12 aromatic carbocycles. The lowest BCUT2D eigenvalue weighted by Gasteiger charge is -2.35. The normalized spacial score (nSPS) is 21.1. The number of hydrogen-bond donors (Lipinski definition) is 0. The van der Waals surface area contributed by atoms with E-state index in [1.807, 2.05) is 61.5 Å². The van der Waals surface area contributed by atoms with Crippen molar-refractivity contribution < 1.29 is 27.9 Å². The summed E-state index contributed by atoms with van der Waals surface area (Å²) in [6.45, 7) is 24.7. The maximum Gasteiger partial charge on any atom is 0.494 e. The van der Waals surface area contributed by atoms with Gasteiger partial charge in [0.2, 0.25) is 0 Å². The molecule has 0 N–H and O–H groups in total. The molecule has 2 unspecified atom stereocenters. The Kier molecular flexibility index (Phi) is 14.9. The maximum absolute atomic E-state index is 6.68. The number of rotatable bonds is 6. The molecule has 2 aliphatic carbocycles. The zero-order chi connectivity index (χ0) is 65.4. The van der Waals surface area contributed by atoms with E-state index >= 15 is 0 Å². The summed E-state index contributed by atoms with van der Waals surface area (Å²) in [6, 6.07) is 92.9. The van der Waals surface area contributed by atoms with Crippen LogP contribution in [0.15, 0.2) is 255 Å². The summed E-state index contributed by atoms with van der Waals surface area (Å²) in [7, 11) is -1.39. The zero-order valence-electron chi connectivity index (χ0n) is 55.8. The van der Waals surface area contributed by atoms with Gasteiger partial charge in [-0.1, -0.05) is 242 Å². The molecule has 3 saturated heterocycles. The van der Waals surface area contributed by atoms with E-state index in [0.29, 0.717) is 0 Å². The van der Waals surface area contributed by atoms with Gasteiger partial charge in [0, 0.05) is 5.02 Å². The average molecular weight is 1250 g/mol. The molecule has 3 heterocycles. The fourth-order valence-electron chi connectivity index (χ4n) is 15.3. The van der Waals surface area contributed by atoms with E-state index in [4.69, 9.17) is 39.5 Å². The van der Waals surface area contributed by atoms with Gasteiger partial charge in [-0.05, 0) is 223 Å². The SMILES string of the molecule is CC1(C)OB(B2OC(C)(C)C(C)(C)O2)OC1(C)C.CC1(C)OB(c2ccc3c(c2)C(c2ccccc2)(c2cc4ccccc4c4ccccc24)c2ccccc2-3)OC1(C)C.Clc1ccc2c(c1)C(c1ccccc1)(c1cc3ccccc3c3ccccc13)c1ccccc1-2. The van der Waals surface area contributed by atoms with Gasteiger partial charge >= 0.3 is 21.1 Å². The number of hydrogen-bond acceptors (Lipinski definition) is 6. The van der Waals surface area contributed by atoms with E-state index in [-0.39, 0.29) is 22.4 Å². The quantitative estimate of drug-likeness (QED) is 0.122. The highest BCUT2D eigenvalue weighted by molar-refractivity contribution is 7.11. The molecule has 0 amide bonds. The molecule has 466 valence electrons. The van der Waals surface area contributed by atoms with Crippen LogP contribution in [0.4, 0.5) is 0 Å². The molecule has 0 bridgehead atoms. The first-order chi connectivity index (χ1) is 45.0. The molecular formula is C84H78B3ClO6. The van der Waals surface area contributed by atoms with Gasteiger partial charge in [0.15, 0.2) is 0 Å². The van der Waals surface area contributed by atoms with E-state index < -0.39 is 43.2 Å². The van der Waals surface area contributed by atoms with Crippen molar-refractivity contribution in [3.8, 4) is 22.3 Å². The molecule has 3 aliphatic heterocycles. The molecule has 10 heteroatoms. The Balaban J connectivity index is 0.000000125. The van der Waals surface area contributed by atoms with Crippen LogP contribution in [0.1, 0.15) is 128 Å². The first-order valence-electron chi connectivity index (χ1n) is 33.1. The fraction of sp³-hybridized carbons (Fsp3) is 0.238. The number of benzene rings is 12. The Bertz CT molecular complexity index is 4870. The van der Waals surface area contributed by atoms with Crippen LogP contribution in [-0.2, 0) is 38.8 Å². The molecule has 0 spiro atoms. The molecule has 3 fully saturated rings. The van der Waals surface area contributed by atoms with E-state index in [9.17, 15) is 0 Å². The van der Waals surface area contributed by atoms with Crippen LogP contribution in [0.5, 0.6) is 0 Å². The highest BCUT2D eigenvalue weighted by Crippen LogP contribution is 2.60. The molecular weight excluding hydrogens is 1170 g/mol. The smallest absolute Gasteiger partial charge is 0.405 e. The molecule has 94 heavy (non-hydrogen) atoms. The third kappa shape index (κ3) is 9.62. The summed E-state index contributed by atoms with van der Waals surface area (Å²) in [5, 5.41) is 10.9. The minimum atomic E-state index is -0.531. The highest BCUT2D eigenvalue weighted by Gasteiger charge is 2.64. The Morgan fingerprint density at radius 2 is 0.574 bits per heavy atom. The monoisotopic (exact) mass is 1250 g/mol. The van der Waals surface area contributed by atoms with Crippen molar-refractivity contribution in [2.75, 3.05) is 0 Å². The maximum atomic E-state index is 6.68. The molecule has 2 atom stereocenters. The van der Waals surface area contributed by atoms with E-state index in [0.717, 1.165) is 10.5 Å². The zero-order valence-corrected chi connectivity index (χ0v) is 56.6. The summed E-state index contributed by atoms with van der Waals surface area (Å²) in [5.74, 6) is 0. The summed E-state index contributed by atoms with van der Waals surface area (Å²) in [5.41, 5.74) is 13.0. The first-order valence-corrected chi connectivity index (χ1v) is 33.5. The van der Waals surface area contributed by atoms with E-state index in [2.05, 4.69) is 276 Å². The molecule has 0 radical (unpaired) electrons. The summed E-state index contributed by atoms with van der Waals surface area (Å²) in [6.07, 6.45) is 0. The van der Waals surface area contributed by atoms with Crippen LogP contribution >= 0.6 is 11.6 Å². The fourth-order valence-corrected chi connectivity index (χ4v) is 15.5. The Morgan fingerprint density at radius 1 is 0.255 bits per heavy atom. The minimum absolute atomic E-state index is 0.360. The summed E-state index contributed by atoms with van der Waals surface area (Å²) >= 11 is 6.68. The van der Waals surface area contributed by atoms with Gasteiger partial charge in [-0.15, -0.1) is 0 Å². The highest BCUT2D eigenvalue weighted by atomic mass is 35.5. The largest absolute Gasteiger partial charge is 0.494 e. The number of fused-ring (bicyclic) bond motifs is 12. The minimum Gasteiger partial charge on any atom is -0.405 e. The van der Waals surface area contributed by atoms with Crippen LogP contribution in [0.3, 0.4) is 0 Å². The summed E-state index contributed by atoms with van der Waals surface area (Å²) in [4.78, 5) is 0. The molecule has 6 nitrogen and oxygen atoms in total. The van der Waals surface area contributed by atoms with Gasteiger partial charge in [-0.25, -0.2) is 0 Å². The van der Waals surface area contributed by atoms with Gasteiger partial charge in [0.05, 0.1) is 44.4 Å². The second-order valence-electron chi connectivity index (χ2n) is 29.0. The predicted molar refractivity (Wildman–Crippen MR) is 390 cm³/mol. The van der Waals surface area contributed by atoms with Crippen molar-refractivity contribution in [3.63, 3.8) is 0 Å². The average Bonchev–Trinajstić information content (AvgIpc) is 1.49. The lowest BCUT2D eigenvalue weighted by atomic mass is 9.49. The van der Waals surface area contributed by atoms with Crippen LogP contribution in [0, 0.1) is 0 Å². The lowest BCUT2D eigenvalue weighted by molar-refractivity contribution is 0.00578. The predicted octanol–water partition coefficient (Wildman–Crippen LogP) is 19.9. The molecule has 5 aliphatic rings. The van der Waals surface area contributed by atoms with Crippen molar-refractivity contribution in [3.05, 3.63) is 304 Å². The second kappa shape index (κ2) is 22.5. The lowest BCUT2D eigenvalue weighted by Crippen LogP contribution is -2.41. The third-order valence-electron chi connectivity index (χ3n) is 22.1. The Hall–Kier alpha value is -8.08. The standard InChI is InChI=1S/C39H33BO2.C33H21Cl.C12H24B2O4/c1-37(2)38(3,4)42-40(41-37)28-22-23-33-32-20-12-13-21-34(32)39(36(33)25-28,27-15-6-5-7-16-27)35-24-26-14-8-9-17-29(26)30-18-10-11-19-31(30)35;34-24-18-19-29-28-16-8-9-17-30(28)33(32(29)21-24,23-11-2-1-3-12-23)31-20-22-10-4-5-13-25(22)26-14-6-7-15-27(26)31;1-9(2)10(3,4)16-13(15-9)14-17-11(5,6)12(7,8)18-14/h5-25H,1-4H3;1-21H;1-8H3. The van der Waals surface area contributed by atoms with E-state index in [1.54, 1.807) is 0 Å². The van der Waals surface area contributed by atoms with E-state index in [1.165, 1.54) is 110 Å². The second-order valence-corrected chi connectivity index (χ2v) is 29.5. The summed E-state index contributed by atoms with van der Waals surface area (Å²) < 4.78 is 37.0.